The van der Waals surface area contributed by atoms with E-state index in [2.05, 4.69) is 30.7 Å². The quantitative estimate of drug-likeness (QED) is 0.294. The van der Waals surface area contributed by atoms with Gasteiger partial charge in [0.2, 0.25) is 18.4 Å². The van der Waals surface area contributed by atoms with Gasteiger partial charge in [-0.2, -0.15) is 10.1 Å². The van der Waals surface area contributed by atoms with E-state index < -0.39 is 0 Å². The van der Waals surface area contributed by atoms with Crippen molar-refractivity contribution in [2.45, 2.75) is 19.8 Å². The zero-order valence-corrected chi connectivity index (χ0v) is 19.7. The molecule has 0 aliphatic carbocycles. The molecule has 1 aliphatic heterocycles. The normalized spacial score (nSPS) is 12.5. The van der Waals surface area contributed by atoms with Crippen LogP contribution in [0.25, 0.3) is 22.1 Å². The van der Waals surface area contributed by atoms with Crippen LogP contribution in [0.4, 0.5) is 5.95 Å². The molecule has 0 fully saturated rings. The van der Waals surface area contributed by atoms with E-state index in [-0.39, 0.29) is 18.6 Å². The maximum Gasteiger partial charge on any atom is 0.265 e. The summed E-state index contributed by atoms with van der Waals surface area (Å²) in [4.78, 5) is 21.4. The number of aromatic nitrogens is 4. The zero-order valence-electron chi connectivity index (χ0n) is 19.7. The van der Waals surface area contributed by atoms with Gasteiger partial charge in [0, 0.05) is 36.5 Å². The van der Waals surface area contributed by atoms with E-state index >= 15 is 0 Å². The van der Waals surface area contributed by atoms with Crippen molar-refractivity contribution in [3.05, 3.63) is 41.5 Å². The lowest BCUT2D eigenvalue weighted by atomic mass is 10.0. The molecule has 180 valence electrons. The van der Waals surface area contributed by atoms with Crippen LogP contribution in [0.1, 0.15) is 24.5 Å². The Morgan fingerprint density at radius 3 is 3.00 bits per heavy atom. The Labute approximate surface area is 201 Å². The molecule has 0 spiro atoms. The number of methoxy groups -OCH3 is 1. The summed E-state index contributed by atoms with van der Waals surface area (Å²) >= 11 is 0. The lowest BCUT2D eigenvalue weighted by Gasteiger charge is -2.18. The number of hydrogen-bond acceptors (Lipinski definition) is 9. The molecule has 1 aliphatic rings. The fourth-order valence-electron chi connectivity index (χ4n) is 4.03. The molecular weight excluding hydrogens is 450 g/mol. The SMILES string of the molecule is CCC(=O)N(C)CCc1cc2c(c(OC)c1C=NNc1nnc3c(n1)[nH]c1ccccc13)OCO2. The van der Waals surface area contributed by atoms with Gasteiger partial charge in [-0.15, -0.1) is 10.2 Å². The van der Waals surface area contributed by atoms with Crippen LogP contribution in [0.5, 0.6) is 17.2 Å². The first-order valence-electron chi connectivity index (χ1n) is 11.2. The highest BCUT2D eigenvalue weighted by molar-refractivity contribution is 6.03. The minimum Gasteiger partial charge on any atom is -0.492 e. The van der Waals surface area contributed by atoms with Gasteiger partial charge in [0.15, 0.2) is 17.1 Å². The first kappa shape index (κ1) is 22.4. The second-order valence-corrected chi connectivity index (χ2v) is 8.01. The van der Waals surface area contributed by atoms with Crippen LogP contribution in [0.15, 0.2) is 35.4 Å². The van der Waals surface area contributed by atoms with E-state index in [1.54, 1.807) is 25.3 Å². The lowest BCUT2D eigenvalue weighted by Crippen LogP contribution is -2.28. The second kappa shape index (κ2) is 9.45. The number of carbonyl (C=O) groups excluding carboxylic acids is 1. The number of fused-ring (bicyclic) bond motifs is 4. The smallest absolute Gasteiger partial charge is 0.265 e. The number of nitrogens with zero attached hydrogens (tertiary/aromatic N) is 5. The summed E-state index contributed by atoms with van der Waals surface area (Å²) in [5, 5.41) is 13.7. The van der Waals surface area contributed by atoms with Crippen molar-refractivity contribution in [3.63, 3.8) is 0 Å². The van der Waals surface area contributed by atoms with Crippen LogP contribution >= 0.6 is 0 Å². The third-order valence-electron chi connectivity index (χ3n) is 5.87. The molecule has 11 heteroatoms. The molecule has 0 bridgehead atoms. The molecule has 35 heavy (non-hydrogen) atoms. The molecule has 3 heterocycles. The van der Waals surface area contributed by atoms with E-state index in [4.69, 9.17) is 14.2 Å². The van der Waals surface area contributed by atoms with Crippen molar-refractivity contribution >= 4 is 40.1 Å². The van der Waals surface area contributed by atoms with Gasteiger partial charge in [0.25, 0.3) is 5.95 Å². The highest BCUT2D eigenvalue weighted by Gasteiger charge is 2.25. The molecule has 0 saturated heterocycles. The number of carbonyl (C=O) groups is 1. The Morgan fingerprint density at radius 2 is 2.17 bits per heavy atom. The van der Waals surface area contributed by atoms with Crippen molar-refractivity contribution in [1.29, 1.82) is 0 Å². The van der Waals surface area contributed by atoms with Crippen LogP contribution in [0.2, 0.25) is 0 Å². The van der Waals surface area contributed by atoms with Gasteiger partial charge >= 0.3 is 0 Å². The zero-order chi connectivity index (χ0) is 24.4. The summed E-state index contributed by atoms with van der Waals surface area (Å²) in [6, 6.07) is 9.71. The molecule has 0 radical (unpaired) electrons. The van der Waals surface area contributed by atoms with Gasteiger partial charge in [-0.1, -0.05) is 25.1 Å². The standard InChI is InChI=1S/C24H25N7O4/c1-4-19(32)31(2)10-9-14-11-18-22(35-13-34-18)21(33-3)16(14)12-25-29-24-27-23-20(28-30-24)15-7-5-6-8-17(15)26-23/h5-8,11-12H,4,9-10,13H2,1-3H3,(H2,26,27,29,30). The Kier molecular flexibility index (Phi) is 6.04. The van der Waals surface area contributed by atoms with Crippen molar-refractivity contribution in [2.75, 3.05) is 32.9 Å². The maximum atomic E-state index is 12.0. The number of hydrogen-bond donors (Lipinski definition) is 2. The third kappa shape index (κ3) is 4.27. The summed E-state index contributed by atoms with van der Waals surface area (Å²) in [5.74, 6) is 1.95. The van der Waals surface area contributed by atoms with E-state index in [1.165, 1.54) is 0 Å². The van der Waals surface area contributed by atoms with E-state index in [0.29, 0.717) is 53.4 Å². The van der Waals surface area contributed by atoms with Crippen LogP contribution in [-0.4, -0.2) is 64.7 Å². The largest absolute Gasteiger partial charge is 0.492 e. The fraction of sp³-hybridized carbons (Fsp3) is 0.292. The molecule has 0 unspecified atom stereocenters. The summed E-state index contributed by atoms with van der Waals surface area (Å²) in [7, 11) is 3.35. The number of anilines is 1. The third-order valence-corrected chi connectivity index (χ3v) is 5.87. The van der Waals surface area contributed by atoms with Crippen LogP contribution in [0.3, 0.4) is 0 Å². The number of benzene rings is 2. The molecule has 2 N–H and O–H groups in total. The summed E-state index contributed by atoms with van der Waals surface area (Å²) < 4.78 is 16.8. The van der Waals surface area contributed by atoms with Gasteiger partial charge in [-0.25, -0.2) is 5.43 Å². The highest BCUT2D eigenvalue weighted by Crippen LogP contribution is 2.44. The number of rotatable bonds is 8. The monoisotopic (exact) mass is 475 g/mol. The van der Waals surface area contributed by atoms with Crippen molar-refractivity contribution < 1.29 is 19.0 Å². The molecule has 2 aromatic heterocycles. The highest BCUT2D eigenvalue weighted by atomic mass is 16.7. The minimum atomic E-state index is 0.0756. The predicted molar refractivity (Wildman–Crippen MR) is 131 cm³/mol. The molecule has 1 amide bonds. The van der Waals surface area contributed by atoms with Crippen molar-refractivity contribution in [1.82, 2.24) is 25.1 Å². The number of ether oxygens (including phenoxy) is 3. The van der Waals surface area contributed by atoms with Gasteiger partial charge in [0.05, 0.1) is 13.3 Å². The topological polar surface area (TPSA) is 127 Å². The van der Waals surface area contributed by atoms with E-state index in [1.807, 2.05) is 37.3 Å². The first-order valence-corrected chi connectivity index (χ1v) is 11.2. The van der Waals surface area contributed by atoms with Gasteiger partial charge in [0.1, 0.15) is 5.52 Å². The number of nitrogens with one attached hydrogen (secondary N) is 2. The number of hydrazone groups is 1. The number of likely N-dealkylation sites (N-methyl/N-ethyl adjacent to an activating group) is 1. The van der Waals surface area contributed by atoms with Crippen LogP contribution in [-0.2, 0) is 11.2 Å². The molecular formula is C24H25N7O4. The summed E-state index contributed by atoms with van der Waals surface area (Å²) in [5.41, 5.74) is 6.70. The maximum absolute atomic E-state index is 12.0. The second-order valence-electron chi connectivity index (χ2n) is 8.01. The molecule has 11 nitrogen and oxygen atoms in total. The molecule has 0 saturated carbocycles. The van der Waals surface area contributed by atoms with Gasteiger partial charge in [-0.3, -0.25) is 4.79 Å². The van der Waals surface area contributed by atoms with Crippen molar-refractivity contribution in [2.24, 2.45) is 5.10 Å². The van der Waals surface area contributed by atoms with Crippen molar-refractivity contribution in [3.8, 4) is 17.2 Å². The average Bonchev–Trinajstić information content (AvgIpc) is 3.50. The molecule has 2 aromatic carbocycles. The first-order chi connectivity index (χ1) is 17.1. The summed E-state index contributed by atoms with van der Waals surface area (Å²) in [6.45, 7) is 2.49. The molecule has 4 aromatic rings. The molecule has 5 rings (SSSR count). The Balaban J connectivity index is 1.42. The number of para-hydroxylation sites is 1. The van der Waals surface area contributed by atoms with E-state index in [0.717, 1.165) is 16.5 Å². The number of H-pyrrole nitrogens is 1. The number of aromatic amines is 1. The average molecular weight is 476 g/mol. The Bertz CT molecular complexity index is 1430. The Hall–Kier alpha value is -4.41. The van der Waals surface area contributed by atoms with Crippen LogP contribution < -0.4 is 19.6 Å². The lowest BCUT2D eigenvalue weighted by molar-refractivity contribution is -0.129. The predicted octanol–water partition coefficient (Wildman–Crippen LogP) is 3.10. The van der Waals surface area contributed by atoms with E-state index in [9.17, 15) is 4.79 Å². The Morgan fingerprint density at radius 1 is 1.31 bits per heavy atom. The molecule has 0 atom stereocenters. The van der Waals surface area contributed by atoms with Gasteiger partial charge in [-0.05, 0) is 24.1 Å². The fourth-order valence-corrected chi connectivity index (χ4v) is 4.03. The summed E-state index contributed by atoms with van der Waals surface area (Å²) in [6.07, 6.45) is 2.65. The number of amides is 1. The minimum absolute atomic E-state index is 0.0756. The van der Waals surface area contributed by atoms with Gasteiger partial charge < -0.3 is 24.1 Å². The van der Waals surface area contributed by atoms with Crippen LogP contribution in [0, 0.1) is 0 Å².